The Bertz CT molecular complexity index is 886. The molecule has 3 aromatic rings. The van der Waals surface area contributed by atoms with Crippen LogP contribution < -0.4 is 4.90 Å². The lowest BCUT2D eigenvalue weighted by Crippen LogP contribution is -2.21. The third-order valence-corrected chi connectivity index (χ3v) is 4.26. The van der Waals surface area contributed by atoms with Crippen LogP contribution in [0, 0.1) is 0 Å². The highest BCUT2D eigenvalue weighted by atomic mass is 79.9. The largest absolute Gasteiger partial charge is 0.506 e. The molecule has 0 aliphatic carbocycles. The summed E-state index contributed by atoms with van der Waals surface area (Å²) in [6.07, 6.45) is 0. The first-order valence-electron chi connectivity index (χ1n) is 7.75. The fourth-order valence-electron chi connectivity index (χ4n) is 2.50. The predicted molar refractivity (Wildman–Crippen MR) is 99.6 cm³/mol. The number of imidazole rings is 1. The molecule has 0 radical (unpaired) electrons. The number of fused-ring (bicyclic) bond motifs is 1. The Morgan fingerprint density at radius 1 is 1.12 bits per heavy atom. The first kappa shape index (κ1) is 16.4. The number of aromatic nitrogens is 2. The maximum absolute atomic E-state index is 10.2. The van der Waals surface area contributed by atoms with E-state index in [9.17, 15) is 5.11 Å². The molecule has 0 atom stereocenters. The van der Waals surface area contributed by atoms with Gasteiger partial charge in [-0.1, -0.05) is 15.9 Å². The van der Waals surface area contributed by atoms with Crippen molar-refractivity contribution in [3.8, 4) is 5.75 Å². The molecule has 0 saturated heterocycles. The number of aromatic hydroxyl groups is 1. The van der Waals surface area contributed by atoms with Gasteiger partial charge >= 0.3 is 0 Å². The SMILES string of the molecule is CCN(CC)c1ccc(N=Nc2nc3ccc(Br)cc3[nH]2)c(O)c1. The van der Waals surface area contributed by atoms with E-state index in [0.29, 0.717) is 11.6 Å². The van der Waals surface area contributed by atoms with E-state index in [4.69, 9.17) is 0 Å². The smallest absolute Gasteiger partial charge is 0.247 e. The zero-order valence-electron chi connectivity index (χ0n) is 13.5. The van der Waals surface area contributed by atoms with Gasteiger partial charge in [0.05, 0.1) is 11.0 Å². The molecule has 1 aromatic heterocycles. The number of H-pyrrole nitrogens is 1. The number of anilines is 1. The van der Waals surface area contributed by atoms with Crippen LogP contribution in [0.2, 0.25) is 0 Å². The highest BCUT2D eigenvalue weighted by Gasteiger charge is 2.07. The van der Waals surface area contributed by atoms with Crippen molar-refractivity contribution in [1.82, 2.24) is 9.97 Å². The summed E-state index contributed by atoms with van der Waals surface area (Å²) in [6.45, 7) is 5.92. The number of nitrogens with one attached hydrogen (secondary N) is 1. The third-order valence-electron chi connectivity index (χ3n) is 3.77. The molecule has 1 heterocycles. The molecule has 0 aliphatic heterocycles. The van der Waals surface area contributed by atoms with Gasteiger partial charge in [0.15, 0.2) is 0 Å². The lowest BCUT2D eigenvalue weighted by atomic mass is 10.2. The van der Waals surface area contributed by atoms with E-state index in [0.717, 1.165) is 34.3 Å². The molecule has 0 aliphatic rings. The number of halogens is 1. The fraction of sp³-hybridized carbons (Fsp3) is 0.235. The highest BCUT2D eigenvalue weighted by Crippen LogP contribution is 2.32. The second kappa shape index (κ2) is 7.00. The molecule has 3 rings (SSSR count). The Morgan fingerprint density at radius 2 is 1.92 bits per heavy atom. The highest BCUT2D eigenvalue weighted by molar-refractivity contribution is 9.10. The van der Waals surface area contributed by atoms with Gasteiger partial charge in [-0.25, -0.2) is 4.98 Å². The van der Waals surface area contributed by atoms with E-state index >= 15 is 0 Å². The molecule has 24 heavy (non-hydrogen) atoms. The number of phenolic OH excluding ortho intramolecular Hbond substituents is 1. The van der Waals surface area contributed by atoms with Gasteiger partial charge in [0.2, 0.25) is 5.95 Å². The molecule has 0 bridgehead atoms. The Morgan fingerprint density at radius 3 is 2.62 bits per heavy atom. The van der Waals surface area contributed by atoms with Crippen molar-refractivity contribution in [3.05, 3.63) is 40.9 Å². The van der Waals surface area contributed by atoms with Gasteiger partial charge in [0.1, 0.15) is 11.4 Å². The summed E-state index contributed by atoms with van der Waals surface area (Å²) in [4.78, 5) is 9.58. The lowest BCUT2D eigenvalue weighted by Gasteiger charge is -2.21. The van der Waals surface area contributed by atoms with E-state index in [1.54, 1.807) is 12.1 Å². The standard InChI is InChI=1S/C17H18BrN5O/c1-3-23(4-2)12-6-8-14(16(24)10-12)21-22-17-19-13-7-5-11(18)9-15(13)20-17/h5-10,24H,3-4H2,1-2H3,(H,19,20). The Balaban J connectivity index is 1.85. The fourth-order valence-corrected chi connectivity index (χ4v) is 2.86. The second-order valence-electron chi connectivity index (χ2n) is 5.27. The van der Waals surface area contributed by atoms with Crippen LogP contribution in [0.5, 0.6) is 5.75 Å². The zero-order valence-corrected chi connectivity index (χ0v) is 15.1. The average Bonchev–Trinajstić information content (AvgIpc) is 2.97. The topological polar surface area (TPSA) is 76.9 Å². The first-order chi connectivity index (χ1) is 11.6. The molecule has 0 fully saturated rings. The maximum atomic E-state index is 10.2. The Labute approximate surface area is 148 Å². The van der Waals surface area contributed by atoms with Crippen LogP contribution in [0.3, 0.4) is 0 Å². The molecule has 0 amide bonds. The second-order valence-corrected chi connectivity index (χ2v) is 6.18. The number of benzene rings is 2. The summed E-state index contributed by atoms with van der Waals surface area (Å²) in [5.41, 5.74) is 3.06. The summed E-state index contributed by atoms with van der Waals surface area (Å²) in [7, 11) is 0. The number of azo groups is 1. The number of aromatic amines is 1. The van der Waals surface area contributed by atoms with E-state index in [-0.39, 0.29) is 5.75 Å². The van der Waals surface area contributed by atoms with Crippen molar-refractivity contribution in [3.63, 3.8) is 0 Å². The summed E-state index contributed by atoms with van der Waals surface area (Å²) in [5.74, 6) is 0.498. The minimum atomic E-state index is 0.0991. The molecule has 124 valence electrons. The van der Waals surface area contributed by atoms with E-state index in [1.165, 1.54) is 0 Å². The number of rotatable bonds is 5. The van der Waals surface area contributed by atoms with Crippen molar-refractivity contribution in [2.45, 2.75) is 13.8 Å². The van der Waals surface area contributed by atoms with Crippen molar-refractivity contribution >= 4 is 44.3 Å². The number of hydrogen-bond donors (Lipinski definition) is 2. The molecular formula is C17H18BrN5O. The van der Waals surface area contributed by atoms with Gasteiger partial charge in [-0.3, -0.25) is 0 Å². The normalized spacial score (nSPS) is 11.5. The Kier molecular flexibility index (Phi) is 4.80. The van der Waals surface area contributed by atoms with Crippen LogP contribution >= 0.6 is 15.9 Å². The number of nitrogens with zero attached hydrogens (tertiary/aromatic N) is 4. The average molecular weight is 388 g/mol. The molecule has 6 nitrogen and oxygen atoms in total. The zero-order chi connectivity index (χ0) is 17.1. The number of hydrogen-bond acceptors (Lipinski definition) is 5. The van der Waals surface area contributed by atoms with E-state index in [2.05, 4.69) is 54.9 Å². The van der Waals surface area contributed by atoms with Crippen LogP contribution in [-0.4, -0.2) is 28.2 Å². The van der Waals surface area contributed by atoms with Gasteiger partial charge in [0.25, 0.3) is 0 Å². The lowest BCUT2D eigenvalue weighted by molar-refractivity contribution is 0.476. The summed E-state index contributed by atoms with van der Waals surface area (Å²) in [6, 6.07) is 11.1. The predicted octanol–water partition coefficient (Wildman–Crippen LogP) is 5.29. The van der Waals surface area contributed by atoms with E-state index < -0.39 is 0 Å². The summed E-state index contributed by atoms with van der Waals surface area (Å²) < 4.78 is 0.965. The van der Waals surface area contributed by atoms with Crippen LogP contribution in [-0.2, 0) is 0 Å². The molecular weight excluding hydrogens is 370 g/mol. The van der Waals surface area contributed by atoms with E-state index in [1.807, 2.05) is 24.3 Å². The molecule has 2 aromatic carbocycles. The monoisotopic (exact) mass is 387 g/mol. The van der Waals surface area contributed by atoms with Gasteiger partial charge in [-0.05, 0) is 44.2 Å². The van der Waals surface area contributed by atoms with Crippen molar-refractivity contribution < 1.29 is 5.11 Å². The molecule has 0 saturated carbocycles. The molecule has 0 unspecified atom stereocenters. The van der Waals surface area contributed by atoms with Crippen molar-refractivity contribution in [1.29, 1.82) is 0 Å². The van der Waals surface area contributed by atoms with Crippen molar-refractivity contribution in [2.24, 2.45) is 10.2 Å². The minimum Gasteiger partial charge on any atom is -0.506 e. The first-order valence-corrected chi connectivity index (χ1v) is 8.55. The van der Waals surface area contributed by atoms with Gasteiger partial charge in [-0.15, -0.1) is 10.2 Å². The molecule has 7 heteroatoms. The summed E-state index contributed by atoms with van der Waals surface area (Å²) >= 11 is 3.42. The van der Waals surface area contributed by atoms with Crippen LogP contribution in [0.25, 0.3) is 11.0 Å². The third kappa shape index (κ3) is 3.41. The minimum absolute atomic E-state index is 0.0991. The van der Waals surface area contributed by atoms with Crippen LogP contribution in [0.1, 0.15) is 13.8 Å². The summed E-state index contributed by atoms with van der Waals surface area (Å²) in [5, 5.41) is 18.4. The van der Waals surface area contributed by atoms with Crippen LogP contribution in [0.15, 0.2) is 51.1 Å². The quantitative estimate of drug-likeness (QED) is 0.583. The molecule has 0 spiro atoms. The maximum Gasteiger partial charge on any atom is 0.247 e. The van der Waals surface area contributed by atoms with Crippen LogP contribution in [0.4, 0.5) is 17.3 Å². The van der Waals surface area contributed by atoms with Gasteiger partial charge < -0.3 is 15.0 Å². The van der Waals surface area contributed by atoms with Crippen molar-refractivity contribution in [2.75, 3.05) is 18.0 Å². The molecule has 2 N–H and O–H groups in total. The number of phenols is 1. The van der Waals surface area contributed by atoms with Gasteiger partial charge in [0, 0.05) is 29.3 Å². The van der Waals surface area contributed by atoms with Gasteiger partial charge in [-0.2, -0.15) is 0 Å². The Hall–Kier alpha value is -2.41.